The van der Waals surface area contributed by atoms with Crippen LogP contribution in [0.15, 0.2) is 22.7 Å². The summed E-state index contributed by atoms with van der Waals surface area (Å²) in [7, 11) is 1.67. The van der Waals surface area contributed by atoms with E-state index < -0.39 is 0 Å². The Hall–Kier alpha value is -0.620. The number of nitrogens with zero attached hydrogens (tertiary/aromatic N) is 2. The highest BCUT2D eigenvalue weighted by molar-refractivity contribution is 9.10. The van der Waals surface area contributed by atoms with Gasteiger partial charge in [-0.3, -0.25) is 0 Å². The predicted molar refractivity (Wildman–Crippen MR) is 84.3 cm³/mol. The molecule has 0 fully saturated rings. The summed E-state index contributed by atoms with van der Waals surface area (Å²) in [6.07, 6.45) is 0.922. The molecule has 0 aliphatic heterocycles. The Labute approximate surface area is 132 Å². The van der Waals surface area contributed by atoms with E-state index in [1.165, 1.54) is 0 Å². The van der Waals surface area contributed by atoms with E-state index in [-0.39, 0.29) is 0 Å². The van der Waals surface area contributed by atoms with E-state index in [2.05, 4.69) is 31.5 Å². The lowest BCUT2D eigenvalue weighted by molar-refractivity contribution is 0.0681. The molecule has 0 atom stereocenters. The van der Waals surface area contributed by atoms with Gasteiger partial charge in [-0.15, -0.1) is 11.6 Å². The number of fused-ring (bicyclic) bond motifs is 1. The number of benzene rings is 1. The van der Waals surface area contributed by atoms with Crippen LogP contribution in [-0.4, -0.2) is 36.5 Å². The number of aryl methyl sites for hydroxylation is 1. The van der Waals surface area contributed by atoms with E-state index >= 15 is 0 Å². The van der Waals surface area contributed by atoms with Crippen LogP contribution >= 0.6 is 27.5 Å². The van der Waals surface area contributed by atoms with Crippen molar-refractivity contribution in [2.75, 3.05) is 26.9 Å². The topological polar surface area (TPSA) is 36.3 Å². The van der Waals surface area contributed by atoms with Crippen LogP contribution in [0.25, 0.3) is 11.0 Å². The van der Waals surface area contributed by atoms with Crippen molar-refractivity contribution in [1.82, 2.24) is 9.55 Å². The molecule has 0 spiro atoms. The molecule has 0 amide bonds. The van der Waals surface area contributed by atoms with Gasteiger partial charge < -0.3 is 14.0 Å². The first-order chi connectivity index (χ1) is 9.76. The van der Waals surface area contributed by atoms with Crippen LogP contribution in [0.3, 0.4) is 0 Å². The van der Waals surface area contributed by atoms with Crippen LogP contribution in [0.1, 0.15) is 12.2 Å². The average Bonchev–Trinajstić information content (AvgIpc) is 2.80. The van der Waals surface area contributed by atoms with Gasteiger partial charge in [-0.1, -0.05) is 15.9 Å². The van der Waals surface area contributed by atoms with Crippen molar-refractivity contribution in [3.63, 3.8) is 0 Å². The Bertz CT molecular complexity index is 559. The summed E-state index contributed by atoms with van der Waals surface area (Å²) in [5, 5.41) is 0. The summed E-state index contributed by atoms with van der Waals surface area (Å²) in [6.45, 7) is 2.82. The largest absolute Gasteiger partial charge is 0.382 e. The van der Waals surface area contributed by atoms with Crippen molar-refractivity contribution in [2.24, 2.45) is 0 Å². The summed E-state index contributed by atoms with van der Waals surface area (Å²) in [5.74, 6) is 1.31. The fraction of sp³-hybridized carbons (Fsp3) is 0.500. The zero-order valence-electron chi connectivity index (χ0n) is 11.4. The van der Waals surface area contributed by atoms with Crippen LogP contribution in [0.4, 0.5) is 0 Å². The fourth-order valence-corrected chi connectivity index (χ4v) is 2.62. The van der Waals surface area contributed by atoms with E-state index in [9.17, 15) is 0 Å². The zero-order valence-corrected chi connectivity index (χ0v) is 13.8. The van der Waals surface area contributed by atoms with E-state index in [0.717, 1.165) is 34.3 Å². The predicted octanol–water partition coefficient (Wildman–Crippen LogP) is 3.59. The molecule has 4 nitrogen and oxygen atoms in total. The minimum absolute atomic E-state index is 0.414. The van der Waals surface area contributed by atoms with Gasteiger partial charge >= 0.3 is 0 Å². The van der Waals surface area contributed by atoms with Gasteiger partial charge in [0.15, 0.2) is 0 Å². The second kappa shape index (κ2) is 7.98. The minimum Gasteiger partial charge on any atom is -0.382 e. The standard InChI is InChI=1S/C14H18BrClN2O2/c1-19-7-8-20-6-2-5-18-13-9-11(15)3-4-12(13)17-14(18)10-16/h3-4,9H,2,5-8,10H2,1H3. The normalized spacial score (nSPS) is 11.3. The van der Waals surface area contributed by atoms with Crippen LogP contribution < -0.4 is 0 Å². The highest BCUT2D eigenvalue weighted by Gasteiger charge is 2.09. The number of alkyl halides is 1. The highest BCUT2D eigenvalue weighted by atomic mass is 79.9. The molecule has 0 bridgehead atoms. The van der Waals surface area contributed by atoms with Crippen molar-refractivity contribution in [1.29, 1.82) is 0 Å². The molecule has 1 heterocycles. The lowest BCUT2D eigenvalue weighted by Crippen LogP contribution is -2.08. The molecule has 0 radical (unpaired) electrons. The lowest BCUT2D eigenvalue weighted by Gasteiger charge is -2.08. The number of hydrogen-bond donors (Lipinski definition) is 0. The van der Waals surface area contributed by atoms with Crippen molar-refractivity contribution >= 4 is 38.6 Å². The summed E-state index contributed by atoms with van der Waals surface area (Å²) >= 11 is 9.48. The van der Waals surface area contributed by atoms with Crippen LogP contribution in [0.2, 0.25) is 0 Å². The molecule has 0 N–H and O–H groups in total. The monoisotopic (exact) mass is 360 g/mol. The van der Waals surface area contributed by atoms with Gasteiger partial charge in [0, 0.05) is 24.7 Å². The third-order valence-electron chi connectivity index (χ3n) is 3.01. The number of imidazole rings is 1. The lowest BCUT2D eigenvalue weighted by atomic mass is 10.3. The Morgan fingerprint density at radius 2 is 2.15 bits per heavy atom. The highest BCUT2D eigenvalue weighted by Crippen LogP contribution is 2.22. The molecule has 0 aliphatic carbocycles. The van der Waals surface area contributed by atoms with Gasteiger partial charge in [-0.25, -0.2) is 4.98 Å². The van der Waals surface area contributed by atoms with Gasteiger partial charge in [0.05, 0.1) is 30.1 Å². The van der Waals surface area contributed by atoms with Crippen LogP contribution in [-0.2, 0) is 21.9 Å². The number of rotatable bonds is 8. The first kappa shape index (κ1) is 15.8. The smallest absolute Gasteiger partial charge is 0.124 e. The second-order valence-electron chi connectivity index (χ2n) is 4.41. The van der Waals surface area contributed by atoms with Crippen molar-refractivity contribution in [2.45, 2.75) is 18.8 Å². The molecular weight excluding hydrogens is 344 g/mol. The fourth-order valence-electron chi connectivity index (χ4n) is 2.07. The summed E-state index contributed by atoms with van der Waals surface area (Å²) < 4.78 is 13.6. The third kappa shape index (κ3) is 3.95. The van der Waals surface area contributed by atoms with Gasteiger partial charge in [0.25, 0.3) is 0 Å². The number of aromatic nitrogens is 2. The summed E-state index contributed by atoms with van der Waals surface area (Å²) in [4.78, 5) is 4.55. The number of hydrogen-bond acceptors (Lipinski definition) is 3. The first-order valence-corrected chi connectivity index (χ1v) is 7.86. The maximum atomic E-state index is 5.98. The van der Waals surface area contributed by atoms with Crippen LogP contribution in [0, 0.1) is 0 Å². The molecule has 0 saturated heterocycles. The van der Waals surface area contributed by atoms with E-state index in [1.54, 1.807) is 7.11 Å². The summed E-state index contributed by atoms with van der Waals surface area (Å²) in [6, 6.07) is 6.07. The van der Waals surface area contributed by atoms with Crippen molar-refractivity contribution < 1.29 is 9.47 Å². The van der Waals surface area contributed by atoms with Gasteiger partial charge in [-0.05, 0) is 24.6 Å². The average molecular weight is 362 g/mol. The molecule has 0 unspecified atom stereocenters. The molecule has 1 aromatic heterocycles. The SMILES string of the molecule is COCCOCCCn1c(CCl)nc2ccc(Br)cc21. The Morgan fingerprint density at radius 3 is 2.90 bits per heavy atom. The van der Waals surface area contributed by atoms with E-state index in [0.29, 0.717) is 25.7 Å². The van der Waals surface area contributed by atoms with E-state index in [4.69, 9.17) is 21.1 Å². The molecule has 0 aliphatic rings. The van der Waals surface area contributed by atoms with E-state index in [1.807, 2.05) is 12.1 Å². The molecule has 2 rings (SSSR count). The van der Waals surface area contributed by atoms with Crippen molar-refractivity contribution in [3.05, 3.63) is 28.5 Å². The summed E-state index contributed by atoms with van der Waals surface area (Å²) in [5.41, 5.74) is 2.08. The Morgan fingerprint density at radius 1 is 1.30 bits per heavy atom. The number of methoxy groups -OCH3 is 1. The Kier molecular flexibility index (Phi) is 6.29. The Balaban J connectivity index is 2.02. The van der Waals surface area contributed by atoms with Gasteiger partial charge in [-0.2, -0.15) is 0 Å². The second-order valence-corrected chi connectivity index (χ2v) is 5.59. The molecule has 20 heavy (non-hydrogen) atoms. The van der Waals surface area contributed by atoms with Crippen molar-refractivity contribution in [3.8, 4) is 0 Å². The first-order valence-electron chi connectivity index (χ1n) is 6.53. The van der Waals surface area contributed by atoms with Gasteiger partial charge in [0.2, 0.25) is 0 Å². The maximum absolute atomic E-state index is 5.98. The minimum atomic E-state index is 0.414. The zero-order chi connectivity index (χ0) is 14.4. The molecule has 6 heteroatoms. The third-order valence-corrected chi connectivity index (χ3v) is 3.74. The molecule has 110 valence electrons. The maximum Gasteiger partial charge on any atom is 0.124 e. The van der Waals surface area contributed by atoms with Crippen LogP contribution in [0.5, 0.6) is 0 Å². The quantitative estimate of drug-likeness (QED) is 0.532. The molecular formula is C14H18BrClN2O2. The molecule has 1 aromatic carbocycles. The van der Waals surface area contributed by atoms with Gasteiger partial charge in [0.1, 0.15) is 5.82 Å². The number of ether oxygens (including phenoxy) is 2. The molecule has 2 aromatic rings. The number of halogens is 2. The molecule has 0 saturated carbocycles.